The Morgan fingerprint density at radius 2 is 1.71 bits per heavy atom. The molecule has 0 saturated carbocycles. The molecule has 1 fully saturated rings. The van der Waals surface area contributed by atoms with Crippen LogP contribution in [-0.4, -0.2) is 56.9 Å². The summed E-state index contributed by atoms with van der Waals surface area (Å²) in [7, 11) is -2.26. The molecule has 1 aliphatic heterocycles. The van der Waals surface area contributed by atoms with Crippen LogP contribution in [0.2, 0.25) is 0 Å². The van der Waals surface area contributed by atoms with Gasteiger partial charge in [-0.1, -0.05) is 6.92 Å². The highest BCUT2D eigenvalue weighted by atomic mass is 32.2. The molecule has 9 nitrogen and oxygen atoms in total. The second-order valence-electron chi connectivity index (χ2n) is 6.73. The number of piperidine rings is 1. The van der Waals surface area contributed by atoms with Crippen molar-refractivity contribution in [2.75, 3.05) is 20.1 Å². The minimum Gasteiger partial charge on any atom is -0.449 e. The summed E-state index contributed by atoms with van der Waals surface area (Å²) < 4.78 is 31.8. The molecule has 1 aliphatic rings. The van der Waals surface area contributed by atoms with Crippen LogP contribution in [0.25, 0.3) is 0 Å². The van der Waals surface area contributed by atoms with Crippen molar-refractivity contribution in [1.82, 2.24) is 14.9 Å². The molecule has 0 unspecified atom stereocenters. The normalized spacial score (nSPS) is 16.8. The molecule has 154 valence electrons. The highest BCUT2D eigenvalue weighted by Gasteiger charge is 2.28. The van der Waals surface area contributed by atoms with E-state index in [0.717, 1.165) is 12.8 Å². The van der Waals surface area contributed by atoms with Crippen molar-refractivity contribution in [3.05, 3.63) is 29.8 Å². The molecular formula is C18H25N3O6S. The molecule has 28 heavy (non-hydrogen) atoms. The van der Waals surface area contributed by atoms with E-state index in [-0.39, 0.29) is 10.5 Å². The first-order valence-corrected chi connectivity index (χ1v) is 10.4. The zero-order valence-electron chi connectivity index (χ0n) is 16.1. The SMILES string of the molecule is CNC(=O)NC(=O)[C@H](C)OC(=O)c1ccc(S(=O)(=O)N2CCC(C)CC2)cc1. The van der Waals surface area contributed by atoms with Crippen molar-refractivity contribution in [3.8, 4) is 0 Å². The molecule has 1 aromatic rings. The molecule has 10 heteroatoms. The highest BCUT2D eigenvalue weighted by molar-refractivity contribution is 7.89. The van der Waals surface area contributed by atoms with Crippen molar-refractivity contribution < 1.29 is 27.5 Å². The number of urea groups is 1. The van der Waals surface area contributed by atoms with Gasteiger partial charge in [-0.25, -0.2) is 18.0 Å². The number of nitrogens with zero attached hydrogens (tertiary/aromatic N) is 1. The van der Waals surface area contributed by atoms with Crippen LogP contribution in [0, 0.1) is 5.92 Å². The Morgan fingerprint density at radius 1 is 1.14 bits per heavy atom. The van der Waals surface area contributed by atoms with Gasteiger partial charge in [-0.3, -0.25) is 10.1 Å². The van der Waals surface area contributed by atoms with Crippen LogP contribution in [0.1, 0.15) is 37.0 Å². The number of esters is 1. The van der Waals surface area contributed by atoms with Gasteiger partial charge in [0.25, 0.3) is 5.91 Å². The number of ether oxygens (including phenoxy) is 1. The van der Waals surface area contributed by atoms with Gasteiger partial charge in [-0.2, -0.15) is 4.31 Å². The molecule has 0 radical (unpaired) electrons. The summed E-state index contributed by atoms with van der Waals surface area (Å²) in [6.07, 6.45) is 0.447. The maximum absolute atomic E-state index is 12.7. The standard InChI is InChI=1S/C18H25N3O6S/c1-12-8-10-21(11-9-12)28(25,26)15-6-4-14(5-7-15)17(23)27-13(2)16(22)20-18(24)19-3/h4-7,12-13H,8-11H2,1-3H3,(H2,19,20,22,24)/t13-/m0/s1. The molecule has 2 rings (SSSR count). The van der Waals surface area contributed by atoms with Crippen molar-refractivity contribution in [1.29, 1.82) is 0 Å². The lowest BCUT2D eigenvalue weighted by molar-refractivity contribution is -0.127. The lowest BCUT2D eigenvalue weighted by atomic mass is 10.0. The predicted octanol–water partition coefficient (Wildman–Crippen LogP) is 1.11. The van der Waals surface area contributed by atoms with Gasteiger partial charge in [0.05, 0.1) is 10.5 Å². The topological polar surface area (TPSA) is 122 Å². The lowest BCUT2D eigenvalue weighted by Gasteiger charge is -2.29. The molecule has 3 amide bonds. The van der Waals surface area contributed by atoms with E-state index in [4.69, 9.17) is 4.74 Å². The lowest BCUT2D eigenvalue weighted by Crippen LogP contribution is -2.43. The molecule has 0 aliphatic carbocycles. The number of hydrogen-bond donors (Lipinski definition) is 2. The van der Waals surface area contributed by atoms with Gasteiger partial charge in [0, 0.05) is 20.1 Å². The molecule has 1 atom stereocenters. The monoisotopic (exact) mass is 411 g/mol. The highest BCUT2D eigenvalue weighted by Crippen LogP contribution is 2.23. The van der Waals surface area contributed by atoms with Crippen molar-refractivity contribution >= 4 is 27.9 Å². The number of benzene rings is 1. The van der Waals surface area contributed by atoms with E-state index < -0.39 is 34.0 Å². The van der Waals surface area contributed by atoms with Gasteiger partial charge in [0.15, 0.2) is 6.10 Å². The largest absolute Gasteiger partial charge is 0.449 e. The number of carbonyl (C=O) groups excluding carboxylic acids is 3. The Hall–Kier alpha value is -2.46. The summed E-state index contributed by atoms with van der Waals surface area (Å²) in [6, 6.07) is 4.66. The van der Waals surface area contributed by atoms with Crippen molar-refractivity contribution in [2.45, 2.75) is 37.7 Å². The second kappa shape index (κ2) is 9.16. The van der Waals surface area contributed by atoms with Gasteiger partial charge >= 0.3 is 12.0 Å². The molecule has 0 spiro atoms. The Morgan fingerprint density at radius 3 is 2.25 bits per heavy atom. The summed E-state index contributed by atoms with van der Waals surface area (Å²) in [5, 5.41) is 4.22. The number of hydrogen-bond acceptors (Lipinski definition) is 6. The first kappa shape index (κ1) is 21.8. The van der Waals surface area contributed by atoms with E-state index >= 15 is 0 Å². The quantitative estimate of drug-likeness (QED) is 0.700. The van der Waals surface area contributed by atoms with Crippen LogP contribution in [0.4, 0.5) is 4.79 Å². The summed E-state index contributed by atoms with van der Waals surface area (Å²) in [4.78, 5) is 35.1. The summed E-state index contributed by atoms with van der Waals surface area (Å²) in [5.74, 6) is -1.06. The number of rotatable bonds is 5. The average Bonchev–Trinajstić information content (AvgIpc) is 2.68. The fourth-order valence-electron chi connectivity index (χ4n) is 2.70. The first-order valence-electron chi connectivity index (χ1n) is 8.99. The van der Waals surface area contributed by atoms with E-state index in [2.05, 4.69) is 12.2 Å². The molecule has 0 bridgehead atoms. The van der Waals surface area contributed by atoms with E-state index in [1.165, 1.54) is 42.5 Å². The smallest absolute Gasteiger partial charge is 0.338 e. The van der Waals surface area contributed by atoms with Crippen LogP contribution in [0.15, 0.2) is 29.2 Å². The maximum atomic E-state index is 12.7. The Balaban J connectivity index is 2.02. The molecule has 1 heterocycles. The number of nitrogens with one attached hydrogen (secondary N) is 2. The van der Waals surface area contributed by atoms with E-state index in [9.17, 15) is 22.8 Å². The third-order valence-electron chi connectivity index (χ3n) is 4.59. The fourth-order valence-corrected chi connectivity index (χ4v) is 4.17. The zero-order chi connectivity index (χ0) is 20.9. The van der Waals surface area contributed by atoms with Crippen molar-refractivity contribution in [3.63, 3.8) is 0 Å². The average molecular weight is 411 g/mol. The minimum atomic E-state index is -3.61. The Labute approximate surface area is 164 Å². The van der Waals surface area contributed by atoms with E-state index in [1.807, 2.05) is 5.32 Å². The van der Waals surface area contributed by atoms with Crippen LogP contribution >= 0.6 is 0 Å². The summed E-state index contributed by atoms with van der Waals surface area (Å²) in [5.41, 5.74) is 0.103. The maximum Gasteiger partial charge on any atom is 0.338 e. The third kappa shape index (κ3) is 5.29. The van der Waals surface area contributed by atoms with Crippen LogP contribution < -0.4 is 10.6 Å². The van der Waals surface area contributed by atoms with Crippen LogP contribution in [0.3, 0.4) is 0 Å². The van der Waals surface area contributed by atoms with Gasteiger partial charge in [-0.05, 0) is 49.9 Å². The van der Waals surface area contributed by atoms with E-state index in [1.54, 1.807) is 0 Å². The summed E-state index contributed by atoms with van der Waals surface area (Å²) >= 11 is 0. The molecular weight excluding hydrogens is 386 g/mol. The summed E-state index contributed by atoms with van der Waals surface area (Å²) in [6.45, 7) is 4.38. The number of sulfonamides is 1. The molecule has 1 saturated heterocycles. The number of amides is 3. The van der Waals surface area contributed by atoms with Gasteiger partial charge in [0.1, 0.15) is 0 Å². The Bertz CT molecular complexity index is 829. The molecule has 0 aromatic heterocycles. The van der Waals surface area contributed by atoms with Gasteiger partial charge < -0.3 is 10.1 Å². The fraction of sp³-hybridized carbons (Fsp3) is 0.500. The predicted molar refractivity (Wildman–Crippen MR) is 101 cm³/mol. The zero-order valence-corrected chi connectivity index (χ0v) is 16.9. The van der Waals surface area contributed by atoms with Gasteiger partial charge in [0.2, 0.25) is 10.0 Å². The van der Waals surface area contributed by atoms with Crippen molar-refractivity contribution in [2.24, 2.45) is 5.92 Å². The first-order chi connectivity index (χ1) is 13.1. The number of imide groups is 1. The minimum absolute atomic E-state index is 0.101. The van der Waals surface area contributed by atoms with Crippen LogP contribution in [-0.2, 0) is 19.6 Å². The van der Waals surface area contributed by atoms with Crippen LogP contribution in [0.5, 0.6) is 0 Å². The third-order valence-corrected chi connectivity index (χ3v) is 6.50. The van der Waals surface area contributed by atoms with Gasteiger partial charge in [-0.15, -0.1) is 0 Å². The second-order valence-corrected chi connectivity index (χ2v) is 8.66. The number of carbonyl (C=O) groups is 3. The molecule has 2 N–H and O–H groups in total. The van der Waals surface area contributed by atoms with E-state index in [0.29, 0.717) is 19.0 Å². The Kier molecular flexibility index (Phi) is 7.14. The molecule has 1 aromatic carbocycles.